The van der Waals surface area contributed by atoms with Crippen LogP contribution in [0.3, 0.4) is 0 Å². The van der Waals surface area contributed by atoms with Gasteiger partial charge in [0.1, 0.15) is 0 Å². The fraction of sp³-hybridized carbons (Fsp3) is 0.136. The van der Waals surface area contributed by atoms with E-state index in [0.29, 0.717) is 6.54 Å². The Kier molecular flexibility index (Phi) is 5.88. The van der Waals surface area contributed by atoms with Gasteiger partial charge >= 0.3 is 6.03 Å². The summed E-state index contributed by atoms with van der Waals surface area (Å²) in [5.41, 5.74) is 4.05. The third-order valence-electron chi connectivity index (χ3n) is 4.12. The zero-order valence-corrected chi connectivity index (χ0v) is 14.9. The summed E-state index contributed by atoms with van der Waals surface area (Å²) in [6.07, 6.45) is 0. The maximum absolute atomic E-state index is 12.3. The minimum Gasteiger partial charge on any atom is -0.369 e. The van der Waals surface area contributed by atoms with Crippen molar-refractivity contribution in [3.8, 4) is 0 Å². The molecule has 26 heavy (non-hydrogen) atoms. The minimum absolute atomic E-state index is 0.214. The number of carbonyl (C=O) groups is 1. The van der Waals surface area contributed by atoms with Crippen LogP contribution in [-0.4, -0.2) is 13.1 Å². The van der Waals surface area contributed by atoms with E-state index in [9.17, 15) is 4.79 Å². The molecule has 0 atom stereocenters. The summed E-state index contributed by atoms with van der Waals surface area (Å²) < 4.78 is 0. The van der Waals surface area contributed by atoms with Crippen molar-refractivity contribution in [1.29, 1.82) is 0 Å². The number of hydrogen-bond acceptors (Lipinski definition) is 2. The topological polar surface area (TPSA) is 44.4 Å². The molecule has 0 aliphatic carbocycles. The number of carbonyl (C=O) groups excluding carboxylic acids is 1. The standard InChI is InChI=1S/C22H23N3O/c1-25(17-19-12-6-3-7-13-19)21-15-9-8-14-20(21)24-22(26)23-16-18-10-4-2-5-11-18/h2-15H,16-17H2,1H3,(H2,23,24,26). The van der Waals surface area contributed by atoms with Gasteiger partial charge in [-0.3, -0.25) is 0 Å². The Morgan fingerprint density at radius 3 is 2.08 bits per heavy atom. The van der Waals surface area contributed by atoms with Crippen LogP contribution in [0.1, 0.15) is 11.1 Å². The minimum atomic E-state index is -0.214. The molecule has 0 radical (unpaired) electrons. The predicted molar refractivity (Wildman–Crippen MR) is 107 cm³/mol. The maximum Gasteiger partial charge on any atom is 0.319 e. The van der Waals surface area contributed by atoms with Gasteiger partial charge in [0, 0.05) is 20.1 Å². The van der Waals surface area contributed by atoms with Crippen molar-refractivity contribution in [2.75, 3.05) is 17.3 Å². The van der Waals surface area contributed by atoms with Gasteiger partial charge in [0.2, 0.25) is 0 Å². The van der Waals surface area contributed by atoms with Crippen molar-refractivity contribution in [3.05, 3.63) is 96.1 Å². The molecule has 3 rings (SSSR count). The third-order valence-corrected chi connectivity index (χ3v) is 4.12. The molecule has 0 aliphatic rings. The highest BCUT2D eigenvalue weighted by Gasteiger charge is 2.10. The molecule has 0 aromatic heterocycles. The zero-order chi connectivity index (χ0) is 18.2. The van der Waals surface area contributed by atoms with Crippen LogP contribution in [0.15, 0.2) is 84.9 Å². The molecule has 0 heterocycles. The highest BCUT2D eigenvalue weighted by molar-refractivity contribution is 5.93. The van der Waals surface area contributed by atoms with E-state index in [-0.39, 0.29) is 6.03 Å². The molecule has 0 bridgehead atoms. The Labute approximate surface area is 154 Å². The van der Waals surface area contributed by atoms with Gasteiger partial charge in [0.05, 0.1) is 11.4 Å². The Bertz CT molecular complexity index is 834. The van der Waals surface area contributed by atoms with Crippen molar-refractivity contribution < 1.29 is 4.79 Å². The van der Waals surface area contributed by atoms with Crippen LogP contribution >= 0.6 is 0 Å². The molecular formula is C22H23N3O. The summed E-state index contributed by atoms with van der Waals surface area (Å²) in [6, 6.07) is 27.7. The number of hydrogen-bond donors (Lipinski definition) is 2. The number of anilines is 2. The van der Waals surface area contributed by atoms with Crippen LogP contribution in [0, 0.1) is 0 Å². The van der Waals surface area contributed by atoms with Crippen LogP contribution in [0.4, 0.5) is 16.2 Å². The average molecular weight is 345 g/mol. The van der Waals surface area contributed by atoms with Gasteiger partial charge in [-0.1, -0.05) is 72.8 Å². The summed E-state index contributed by atoms with van der Waals surface area (Å²) in [5.74, 6) is 0. The number of para-hydroxylation sites is 2. The van der Waals surface area contributed by atoms with E-state index in [1.807, 2.05) is 79.8 Å². The van der Waals surface area contributed by atoms with E-state index < -0.39 is 0 Å². The predicted octanol–water partition coefficient (Wildman–Crippen LogP) is 4.64. The van der Waals surface area contributed by atoms with Gasteiger partial charge in [-0.2, -0.15) is 0 Å². The number of rotatable bonds is 6. The molecular weight excluding hydrogens is 322 g/mol. The second kappa shape index (κ2) is 8.72. The van der Waals surface area contributed by atoms with E-state index in [1.165, 1.54) is 5.56 Å². The van der Waals surface area contributed by atoms with Gasteiger partial charge in [-0.05, 0) is 23.3 Å². The first-order valence-corrected chi connectivity index (χ1v) is 8.65. The van der Waals surface area contributed by atoms with E-state index in [4.69, 9.17) is 0 Å². The Morgan fingerprint density at radius 1 is 0.808 bits per heavy atom. The molecule has 0 saturated heterocycles. The van der Waals surface area contributed by atoms with Gasteiger partial charge in [-0.25, -0.2) is 4.79 Å². The van der Waals surface area contributed by atoms with Gasteiger partial charge < -0.3 is 15.5 Å². The number of amides is 2. The van der Waals surface area contributed by atoms with E-state index in [1.54, 1.807) is 0 Å². The highest BCUT2D eigenvalue weighted by atomic mass is 16.2. The van der Waals surface area contributed by atoms with Crippen molar-refractivity contribution in [2.45, 2.75) is 13.1 Å². The molecule has 4 nitrogen and oxygen atoms in total. The van der Waals surface area contributed by atoms with Crippen LogP contribution in [0.5, 0.6) is 0 Å². The van der Waals surface area contributed by atoms with Gasteiger partial charge in [0.15, 0.2) is 0 Å². The lowest BCUT2D eigenvalue weighted by atomic mass is 10.2. The zero-order valence-electron chi connectivity index (χ0n) is 14.9. The van der Waals surface area contributed by atoms with Crippen molar-refractivity contribution in [1.82, 2.24) is 5.32 Å². The van der Waals surface area contributed by atoms with Gasteiger partial charge in [-0.15, -0.1) is 0 Å². The van der Waals surface area contributed by atoms with Crippen LogP contribution in [-0.2, 0) is 13.1 Å². The molecule has 2 amide bonds. The SMILES string of the molecule is CN(Cc1ccccc1)c1ccccc1NC(=O)NCc1ccccc1. The van der Waals surface area contributed by atoms with Crippen LogP contribution < -0.4 is 15.5 Å². The van der Waals surface area contributed by atoms with Crippen molar-refractivity contribution in [2.24, 2.45) is 0 Å². The number of nitrogens with zero attached hydrogens (tertiary/aromatic N) is 1. The Balaban J connectivity index is 1.64. The van der Waals surface area contributed by atoms with Crippen LogP contribution in [0.25, 0.3) is 0 Å². The number of benzene rings is 3. The van der Waals surface area contributed by atoms with Crippen molar-refractivity contribution in [3.63, 3.8) is 0 Å². The molecule has 3 aromatic carbocycles. The summed E-state index contributed by atoms with van der Waals surface area (Å²) >= 11 is 0. The van der Waals surface area contributed by atoms with Crippen molar-refractivity contribution >= 4 is 17.4 Å². The highest BCUT2D eigenvalue weighted by Crippen LogP contribution is 2.25. The first-order chi connectivity index (χ1) is 12.7. The summed E-state index contributed by atoms with van der Waals surface area (Å²) in [5, 5.41) is 5.85. The normalized spacial score (nSPS) is 10.2. The smallest absolute Gasteiger partial charge is 0.319 e. The summed E-state index contributed by atoms with van der Waals surface area (Å²) in [6.45, 7) is 1.26. The second-order valence-corrected chi connectivity index (χ2v) is 6.15. The molecule has 3 aromatic rings. The maximum atomic E-state index is 12.3. The van der Waals surface area contributed by atoms with E-state index in [2.05, 4.69) is 27.7 Å². The lowest BCUT2D eigenvalue weighted by molar-refractivity contribution is 0.251. The second-order valence-electron chi connectivity index (χ2n) is 6.15. The van der Waals surface area contributed by atoms with E-state index in [0.717, 1.165) is 23.5 Å². The third kappa shape index (κ3) is 4.86. The molecule has 0 aliphatic heterocycles. The van der Waals surface area contributed by atoms with Gasteiger partial charge in [0.25, 0.3) is 0 Å². The lowest BCUT2D eigenvalue weighted by Crippen LogP contribution is -2.29. The quantitative estimate of drug-likeness (QED) is 0.683. The molecule has 132 valence electrons. The number of nitrogens with one attached hydrogen (secondary N) is 2. The lowest BCUT2D eigenvalue weighted by Gasteiger charge is -2.23. The first-order valence-electron chi connectivity index (χ1n) is 8.65. The molecule has 0 spiro atoms. The summed E-state index contributed by atoms with van der Waals surface area (Å²) in [7, 11) is 2.02. The van der Waals surface area contributed by atoms with Crippen LogP contribution in [0.2, 0.25) is 0 Å². The number of urea groups is 1. The largest absolute Gasteiger partial charge is 0.369 e. The molecule has 4 heteroatoms. The fourth-order valence-corrected chi connectivity index (χ4v) is 2.80. The fourth-order valence-electron chi connectivity index (χ4n) is 2.80. The molecule has 0 fully saturated rings. The molecule has 0 unspecified atom stereocenters. The Morgan fingerprint density at radius 2 is 1.38 bits per heavy atom. The summed E-state index contributed by atoms with van der Waals surface area (Å²) in [4.78, 5) is 14.4. The Hall–Kier alpha value is -3.27. The molecule has 2 N–H and O–H groups in total. The molecule has 0 saturated carbocycles. The van der Waals surface area contributed by atoms with E-state index >= 15 is 0 Å². The average Bonchev–Trinajstić information content (AvgIpc) is 2.68. The first kappa shape index (κ1) is 17.5. The monoisotopic (exact) mass is 345 g/mol.